The number of rotatable bonds is 10. The van der Waals surface area contributed by atoms with Crippen molar-refractivity contribution >= 4 is 0 Å². The van der Waals surface area contributed by atoms with Crippen molar-refractivity contribution in [2.24, 2.45) is 17.8 Å². The molecule has 0 N–H and O–H groups in total. The SMILES string of the molecule is CCOC(CC(C(C)C)C(C)C)Oc1ccc(C(C)CC)cc1. The van der Waals surface area contributed by atoms with Crippen LogP contribution < -0.4 is 4.74 Å². The molecule has 0 radical (unpaired) electrons. The Labute approximate surface area is 143 Å². The van der Waals surface area contributed by atoms with Crippen LogP contribution in [0.4, 0.5) is 0 Å². The molecule has 0 saturated heterocycles. The van der Waals surface area contributed by atoms with Crippen LogP contribution in [0.5, 0.6) is 5.75 Å². The quantitative estimate of drug-likeness (QED) is 0.474. The van der Waals surface area contributed by atoms with Crippen molar-refractivity contribution in [3.63, 3.8) is 0 Å². The molecule has 0 fully saturated rings. The van der Waals surface area contributed by atoms with Gasteiger partial charge in [-0.1, -0.05) is 53.7 Å². The van der Waals surface area contributed by atoms with Crippen LogP contribution in [0.15, 0.2) is 24.3 Å². The van der Waals surface area contributed by atoms with Gasteiger partial charge in [0.25, 0.3) is 0 Å². The third-order valence-electron chi connectivity index (χ3n) is 4.86. The number of ether oxygens (including phenoxy) is 2. The van der Waals surface area contributed by atoms with Gasteiger partial charge in [-0.05, 0) is 54.7 Å². The molecule has 1 aromatic carbocycles. The Kier molecular flexibility index (Phi) is 8.68. The van der Waals surface area contributed by atoms with E-state index < -0.39 is 0 Å². The first-order valence-corrected chi connectivity index (χ1v) is 9.27. The van der Waals surface area contributed by atoms with E-state index in [1.807, 2.05) is 6.92 Å². The van der Waals surface area contributed by atoms with Crippen LogP contribution in [0, 0.1) is 17.8 Å². The summed E-state index contributed by atoms with van der Waals surface area (Å²) in [7, 11) is 0. The molecule has 0 heterocycles. The molecule has 2 atom stereocenters. The second-order valence-electron chi connectivity index (χ2n) is 7.27. The van der Waals surface area contributed by atoms with Crippen molar-refractivity contribution in [3.05, 3.63) is 29.8 Å². The fourth-order valence-electron chi connectivity index (χ4n) is 3.13. The normalized spacial score (nSPS) is 14.5. The molecule has 0 amide bonds. The lowest BCUT2D eigenvalue weighted by Gasteiger charge is -2.29. The van der Waals surface area contributed by atoms with Crippen molar-refractivity contribution in [1.82, 2.24) is 0 Å². The van der Waals surface area contributed by atoms with E-state index >= 15 is 0 Å². The van der Waals surface area contributed by atoms with Crippen LogP contribution in [0.25, 0.3) is 0 Å². The molecule has 0 bridgehead atoms. The Balaban J connectivity index is 2.75. The number of benzene rings is 1. The Hall–Kier alpha value is -1.02. The monoisotopic (exact) mass is 320 g/mol. The molecule has 23 heavy (non-hydrogen) atoms. The Morgan fingerprint density at radius 1 is 0.870 bits per heavy atom. The Morgan fingerprint density at radius 3 is 1.87 bits per heavy atom. The number of hydrogen-bond donors (Lipinski definition) is 0. The summed E-state index contributed by atoms with van der Waals surface area (Å²) in [5, 5.41) is 0. The molecular formula is C21H36O2. The molecule has 0 aliphatic rings. The minimum Gasteiger partial charge on any atom is -0.465 e. The average molecular weight is 321 g/mol. The topological polar surface area (TPSA) is 18.5 Å². The molecule has 2 heteroatoms. The molecule has 1 rings (SSSR count). The third kappa shape index (κ3) is 6.55. The lowest BCUT2D eigenvalue weighted by Crippen LogP contribution is -2.28. The van der Waals surface area contributed by atoms with E-state index in [-0.39, 0.29) is 6.29 Å². The maximum Gasteiger partial charge on any atom is 0.200 e. The van der Waals surface area contributed by atoms with Gasteiger partial charge in [0.05, 0.1) is 0 Å². The molecule has 132 valence electrons. The van der Waals surface area contributed by atoms with Crippen LogP contribution in [-0.4, -0.2) is 12.9 Å². The lowest BCUT2D eigenvalue weighted by molar-refractivity contribution is -0.0948. The molecule has 0 aliphatic heterocycles. The molecular weight excluding hydrogens is 284 g/mol. The molecule has 2 nitrogen and oxygen atoms in total. The molecule has 0 aliphatic carbocycles. The maximum atomic E-state index is 6.13. The zero-order chi connectivity index (χ0) is 17.4. The minimum atomic E-state index is -0.163. The van der Waals surface area contributed by atoms with Crippen molar-refractivity contribution in [2.75, 3.05) is 6.61 Å². The number of hydrogen-bond acceptors (Lipinski definition) is 2. The maximum absolute atomic E-state index is 6.13. The van der Waals surface area contributed by atoms with E-state index in [0.29, 0.717) is 30.3 Å². The van der Waals surface area contributed by atoms with E-state index in [9.17, 15) is 0 Å². The highest BCUT2D eigenvalue weighted by Gasteiger charge is 2.23. The first kappa shape index (κ1) is 20.0. The second kappa shape index (κ2) is 9.97. The summed E-state index contributed by atoms with van der Waals surface area (Å²) >= 11 is 0. The van der Waals surface area contributed by atoms with Gasteiger partial charge in [0.15, 0.2) is 6.29 Å². The predicted molar refractivity (Wildman–Crippen MR) is 99.0 cm³/mol. The summed E-state index contributed by atoms with van der Waals surface area (Å²) in [5.41, 5.74) is 1.37. The third-order valence-corrected chi connectivity index (χ3v) is 4.86. The first-order valence-electron chi connectivity index (χ1n) is 9.27. The van der Waals surface area contributed by atoms with Crippen molar-refractivity contribution in [1.29, 1.82) is 0 Å². The van der Waals surface area contributed by atoms with E-state index in [1.165, 1.54) is 5.56 Å². The van der Waals surface area contributed by atoms with Crippen LogP contribution in [0.3, 0.4) is 0 Å². The van der Waals surface area contributed by atoms with Crippen molar-refractivity contribution in [3.8, 4) is 5.75 Å². The van der Waals surface area contributed by atoms with Crippen LogP contribution in [0.2, 0.25) is 0 Å². The van der Waals surface area contributed by atoms with Gasteiger partial charge in [-0.15, -0.1) is 0 Å². The summed E-state index contributed by atoms with van der Waals surface area (Å²) in [6.45, 7) is 16.3. The van der Waals surface area contributed by atoms with Gasteiger partial charge in [0, 0.05) is 13.0 Å². The minimum absolute atomic E-state index is 0.163. The smallest absolute Gasteiger partial charge is 0.200 e. The van der Waals surface area contributed by atoms with Gasteiger partial charge in [-0.25, -0.2) is 0 Å². The fourth-order valence-corrected chi connectivity index (χ4v) is 3.13. The van der Waals surface area contributed by atoms with Gasteiger partial charge < -0.3 is 9.47 Å². The Bertz CT molecular complexity index is 414. The highest BCUT2D eigenvalue weighted by molar-refractivity contribution is 5.29. The predicted octanol–water partition coefficient (Wildman–Crippen LogP) is 6.26. The molecule has 0 spiro atoms. The van der Waals surface area contributed by atoms with E-state index in [0.717, 1.165) is 18.6 Å². The summed E-state index contributed by atoms with van der Waals surface area (Å²) in [4.78, 5) is 0. The van der Waals surface area contributed by atoms with Gasteiger partial charge >= 0.3 is 0 Å². The Morgan fingerprint density at radius 2 is 1.43 bits per heavy atom. The summed E-state index contributed by atoms with van der Waals surface area (Å²) < 4.78 is 12.0. The highest BCUT2D eigenvalue weighted by atomic mass is 16.7. The summed E-state index contributed by atoms with van der Waals surface area (Å²) in [6.07, 6.45) is 1.94. The van der Waals surface area contributed by atoms with Gasteiger partial charge in [-0.3, -0.25) is 0 Å². The molecule has 0 saturated carbocycles. The summed E-state index contributed by atoms with van der Waals surface area (Å²) in [6, 6.07) is 8.50. The van der Waals surface area contributed by atoms with Crippen LogP contribution in [-0.2, 0) is 4.74 Å². The van der Waals surface area contributed by atoms with Gasteiger partial charge in [0.2, 0.25) is 0 Å². The van der Waals surface area contributed by atoms with E-state index in [2.05, 4.69) is 65.8 Å². The lowest BCUT2D eigenvalue weighted by atomic mass is 9.83. The van der Waals surface area contributed by atoms with E-state index in [1.54, 1.807) is 0 Å². The van der Waals surface area contributed by atoms with Gasteiger partial charge in [-0.2, -0.15) is 0 Å². The van der Waals surface area contributed by atoms with Gasteiger partial charge in [0.1, 0.15) is 5.75 Å². The average Bonchev–Trinajstić information content (AvgIpc) is 2.52. The van der Waals surface area contributed by atoms with Crippen LogP contribution >= 0.6 is 0 Å². The molecule has 1 aromatic rings. The highest BCUT2D eigenvalue weighted by Crippen LogP contribution is 2.28. The largest absolute Gasteiger partial charge is 0.465 e. The zero-order valence-electron chi connectivity index (χ0n) is 16.1. The standard InChI is InChI=1S/C21H36O2/c1-8-17(7)18-10-12-19(13-11-18)23-21(22-9-2)14-20(15(3)4)16(5)6/h10-13,15-17,20-21H,8-9,14H2,1-7H3. The van der Waals surface area contributed by atoms with Crippen LogP contribution in [0.1, 0.15) is 72.8 Å². The second-order valence-corrected chi connectivity index (χ2v) is 7.27. The van der Waals surface area contributed by atoms with Crippen molar-refractivity contribution < 1.29 is 9.47 Å². The summed E-state index contributed by atoms with van der Waals surface area (Å²) in [5.74, 6) is 3.37. The fraction of sp³-hybridized carbons (Fsp3) is 0.714. The van der Waals surface area contributed by atoms with Crippen molar-refractivity contribution in [2.45, 2.75) is 73.5 Å². The molecule has 0 aromatic heterocycles. The first-order chi connectivity index (χ1) is 10.9. The zero-order valence-corrected chi connectivity index (χ0v) is 16.1. The molecule has 2 unspecified atom stereocenters. The van der Waals surface area contributed by atoms with E-state index in [4.69, 9.17) is 9.47 Å².